The van der Waals surface area contributed by atoms with Gasteiger partial charge in [-0.25, -0.2) is 4.99 Å². The molecule has 3 heterocycles. The first-order valence-electron chi connectivity index (χ1n) is 9.43. The van der Waals surface area contributed by atoms with Gasteiger partial charge in [-0.1, -0.05) is 11.6 Å². The molecule has 2 aliphatic rings. The van der Waals surface area contributed by atoms with Crippen molar-refractivity contribution in [3.05, 3.63) is 51.3 Å². The number of pyridine rings is 1. The second kappa shape index (κ2) is 7.73. The van der Waals surface area contributed by atoms with E-state index in [1.807, 2.05) is 10.5 Å². The molecule has 0 fully saturated rings. The number of nitrogens with one attached hydrogen (secondary N) is 1. The van der Waals surface area contributed by atoms with Crippen LogP contribution in [0.2, 0.25) is 0 Å². The lowest BCUT2D eigenvalue weighted by atomic mass is 10.0. The highest BCUT2D eigenvalue weighted by Gasteiger charge is 2.22. The first-order chi connectivity index (χ1) is 14.3. The van der Waals surface area contributed by atoms with Gasteiger partial charge in [-0.2, -0.15) is 4.99 Å². The van der Waals surface area contributed by atoms with Crippen molar-refractivity contribution in [1.82, 2.24) is 19.9 Å². The monoisotopic (exact) mass is 430 g/mol. The van der Waals surface area contributed by atoms with Crippen molar-refractivity contribution < 1.29 is 14.6 Å². The van der Waals surface area contributed by atoms with Crippen molar-refractivity contribution in [2.24, 2.45) is 9.98 Å². The average Bonchev–Trinajstić information content (AvgIpc) is 3.21. The van der Waals surface area contributed by atoms with Crippen LogP contribution in [-0.4, -0.2) is 52.0 Å². The molecule has 0 saturated heterocycles. The topological polar surface area (TPSA) is 106 Å². The van der Waals surface area contributed by atoms with Crippen LogP contribution < -0.4 is 16.0 Å². The van der Waals surface area contributed by atoms with Gasteiger partial charge >= 0.3 is 0 Å². The van der Waals surface area contributed by atoms with E-state index in [4.69, 9.17) is 21.1 Å². The normalized spacial score (nSPS) is 18.5. The van der Waals surface area contributed by atoms with E-state index in [1.54, 1.807) is 40.5 Å². The average molecular weight is 431 g/mol. The Morgan fingerprint density at radius 1 is 1.30 bits per heavy atom. The molecule has 0 unspecified atom stereocenters. The minimum Gasteiger partial charge on any atom is -0.501 e. The molecular formula is C20H23ClN6O3. The van der Waals surface area contributed by atoms with Gasteiger partial charge in [0, 0.05) is 29.8 Å². The van der Waals surface area contributed by atoms with Crippen LogP contribution in [-0.2, 0) is 16.0 Å². The molecule has 2 aromatic rings. The Balaban J connectivity index is 1.89. The zero-order valence-corrected chi connectivity index (χ0v) is 18.0. The van der Waals surface area contributed by atoms with Gasteiger partial charge in [0.1, 0.15) is 23.3 Å². The van der Waals surface area contributed by atoms with E-state index in [-0.39, 0.29) is 0 Å². The number of fused-ring (bicyclic) bond motifs is 3. The first kappa shape index (κ1) is 20.4. The predicted octanol–water partition coefficient (Wildman–Crippen LogP) is 0.760. The molecule has 0 amide bonds. The van der Waals surface area contributed by atoms with Gasteiger partial charge in [0.05, 0.1) is 31.4 Å². The van der Waals surface area contributed by atoms with E-state index in [9.17, 15) is 5.11 Å². The molecule has 0 saturated carbocycles. The summed E-state index contributed by atoms with van der Waals surface area (Å²) < 4.78 is 12.7. The Morgan fingerprint density at radius 3 is 2.80 bits per heavy atom. The van der Waals surface area contributed by atoms with E-state index in [0.717, 1.165) is 22.1 Å². The zero-order chi connectivity index (χ0) is 21.5. The Kier molecular flexibility index (Phi) is 5.25. The minimum atomic E-state index is -0.875. The number of allylic oxidation sites excluding steroid dienone is 3. The maximum atomic E-state index is 9.94. The molecule has 30 heavy (non-hydrogen) atoms. The molecule has 4 rings (SSSR count). The molecule has 0 radical (unpaired) electrons. The smallest absolute Gasteiger partial charge is 0.220 e. The number of ether oxygens (including phenoxy) is 2. The number of nitrogens with zero attached hydrogens (tertiary/aromatic N) is 5. The highest BCUT2D eigenvalue weighted by atomic mass is 35.5. The van der Waals surface area contributed by atoms with Crippen LogP contribution in [0.3, 0.4) is 0 Å². The van der Waals surface area contributed by atoms with Gasteiger partial charge < -0.3 is 19.9 Å². The summed E-state index contributed by atoms with van der Waals surface area (Å²) in [6.07, 6.45) is 3.90. The largest absolute Gasteiger partial charge is 0.501 e. The molecule has 158 valence electrons. The number of halogens is 1. The fourth-order valence-electron chi connectivity index (χ4n) is 3.34. The summed E-state index contributed by atoms with van der Waals surface area (Å²) in [6, 6.07) is 1.99. The Hall–Kier alpha value is -2.91. The molecule has 1 aliphatic carbocycles. The third-order valence-electron chi connectivity index (χ3n) is 4.84. The highest BCUT2D eigenvalue weighted by molar-refractivity contribution is 6.36. The molecule has 2 N–H and O–H groups in total. The molecule has 0 aromatic carbocycles. The van der Waals surface area contributed by atoms with Crippen LogP contribution in [0, 0.1) is 0 Å². The number of rotatable bonds is 4. The van der Waals surface area contributed by atoms with Gasteiger partial charge in [-0.05, 0) is 25.5 Å². The van der Waals surface area contributed by atoms with E-state index in [0.29, 0.717) is 47.4 Å². The number of aromatic nitrogens is 3. The Bertz CT molecular complexity index is 1220. The molecular weight excluding hydrogens is 408 g/mol. The summed E-state index contributed by atoms with van der Waals surface area (Å²) >= 11 is 6.64. The quantitative estimate of drug-likeness (QED) is 0.741. The second-order valence-electron chi connectivity index (χ2n) is 7.70. The zero-order valence-electron chi connectivity index (χ0n) is 17.2. The number of methoxy groups -OCH3 is 2. The fourth-order valence-corrected chi connectivity index (χ4v) is 3.64. The SMILES string of the molecule is COC1=CC(OC)=C(Cl)C(=c2cc3c(n4cnnc24)=NC(NCC(C)(C)O)=NC3)C1. The lowest BCUT2D eigenvalue weighted by Gasteiger charge is -2.20. The standard InChI is InChI=1S/C20H23ClN6O3/c1-20(2,28)9-23-19-22-8-11-5-14(18-26-24-10-27(18)17(11)25-19)13-6-12(29-3)7-15(30-4)16(13)21/h5,7,10,28H,6,8-9H2,1-4H3,(H,22,23). The summed E-state index contributed by atoms with van der Waals surface area (Å²) in [4.78, 5) is 9.10. The van der Waals surface area contributed by atoms with Crippen molar-refractivity contribution in [2.75, 3.05) is 20.8 Å². The fraction of sp³-hybridized carbons (Fsp3) is 0.400. The van der Waals surface area contributed by atoms with E-state index in [2.05, 4.69) is 25.5 Å². The molecule has 2 aromatic heterocycles. The minimum absolute atomic E-state index is 0.332. The van der Waals surface area contributed by atoms with Gasteiger partial charge in [-0.3, -0.25) is 4.40 Å². The Labute approximate surface area is 178 Å². The number of hydrogen-bond acceptors (Lipinski definition) is 8. The van der Waals surface area contributed by atoms with Crippen molar-refractivity contribution in [2.45, 2.75) is 32.4 Å². The maximum Gasteiger partial charge on any atom is 0.220 e. The summed E-state index contributed by atoms with van der Waals surface area (Å²) in [5.41, 5.74) is 2.19. The molecule has 0 spiro atoms. The van der Waals surface area contributed by atoms with E-state index < -0.39 is 5.60 Å². The van der Waals surface area contributed by atoms with Crippen LogP contribution in [0.5, 0.6) is 0 Å². The lowest BCUT2D eigenvalue weighted by Crippen LogP contribution is -2.40. The van der Waals surface area contributed by atoms with Gasteiger partial charge in [0.25, 0.3) is 0 Å². The van der Waals surface area contributed by atoms with Crippen LogP contribution in [0.4, 0.5) is 0 Å². The Morgan fingerprint density at radius 2 is 2.10 bits per heavy atom. The van der Waals surface area contributed by atoms with Crippen LogP contribution in [0.1, 0.15) is 25.8 Å². The van der Waals surface area contributed by atoms with Crippen LogP contribution in [0.15, 0.2) is 45.0 Å². The third kappa shape index (κ3) is 3.78. The highest BCUT2D eigenvalue weighted by Crippen LogP contribution is 2.32. The first-order valence-corrected chi connectivity index (χ1v) is 9.81. The van der Waals surface area contributed by atoms with Gasteiger partial charge in [0.2, 0.25) is 5.96 Å². The summed E-state index contributed by atoms with van der Waals surface area (Å²) in [7, 11) is 3.19. The predicted molar refractivity (Wildman–Crippen MR) is 112 cm³/mol. The number of guanidine groups is 1. The molecule has 10 heteroatoms. The third-order valence-corrected chi connectivity index (χ3v) is 5.26. The van der Waals surface area contributed by atoms with E-state index >= 15 is 0 Å². The van der Waals surface area contributed by atoms with Crippen LogP contribution >= 0.6 is 11.6 Å². The number of hydrogen-bond donors (Lipinski definition) is 2. The van der Waals surface area contributed by atoms with Crippen molar-refractivity contribution in [3.8, 4) is 0 Å². The maximum absolute atomic E-state index is 9.94. The lowest BCUT2D eigenvalue weighted by molar-refractivity contribution is 0.0848. The summed E-state index contributed by atoms with van der Waals surface area (Å²) in [6.45, 7) is 4.19. The van der Waals surface area contributed by atoms with E-state index in [1.165, 1.54) is 0 Å². The van der Waals surface area contributed by atoms with Crippen molar-refractivity contribution in [3.63, 3.8) is 0 Å². The second-order valence-corrected chi connectivity index (χ2v) is 8.08. The van der Waals surface area contributed by atoms with Gasteiger partial charge in [-0.15, -0.1) is 10.2 Å². The number of aliphatic imine (C=N–C) groups is 1. The summed E-state index contributed by atoms with van der Waals surface area (Å²) in [5.74, 6) is 1.73. The van der Waals surface area contributed by atoms with Crippen molar-refractivity contribution in [1.29, 1.82) is 0 Å². The summed E-state index contributed by atoms with van der Waals surface area (Å²) in [5, 5.41) is 22.7. The van der Waals surface area contributed by atoms with Gasteiger partial charge in [0.15, 0.2) is 5.65 Å². The molecule has 0 atom stereocenters. The number of aliphatic hydroxyl groups is 1. The van der Waals surface area contributed by atoms with Crippen molar-refractivity contribution >= 4 is 28.8 Å². The van der Waals surface area contributed by atoms with Crippen LogP contribution in [0.25, 0.3) is 11.2 Å². The molecule has 0 bridgehead atoms. The molecule has 9 nitrogen and oxygen atoms in total. The molecule has 1 aliphatic heterocycles.